The molecule has 38 heavy (non-hydrogen) atoms. The number of nitriles is 1. The molecule has 0 radical (unpaired) electrons. The van der Waals surface area contributed by atoms with Gasteiger partial charge in [-0.3, -0.25) is 4.79 Å². The molecule has 3 rings (SSSR count). The van der Waals surface area contributed by atoms with Gasteiger partial charge in [0.1, 0.15) is 28.5 Å². The summed E-state index contributed by atoms with van der Waals surface area (Å²) >= 11 is 0. The molecule has 1 heterocycles. The predicted octanol–water partition coefficient (Wildman–Crippen LogP) is 5.02. The fourth-order valence-electron chi connectivity index (χ4n) is 3.64. The number of rotatable bonds is 12. The lowest BCUT2D eigenvalue weighted by molar-refractivity contribution is -0.129. The maximum absolute atomic E-state index is 12.7. The molecule has 0 fully saturated rings. The minimum absolute atomic E-state index is 0.0713. The highest BCUT2D eigenvalue weighted by molar-refractivity contribution is 6.00. The molecule has 0 saturated heterocycles. The summed E-state index contributed by atoms with van der Waals surface area (Å²) in [6, 6.07) is 12.7. The second kappa shape index (κ2) is 13.7. The molecule has 0 aliphatic carbocycles. The average Bonchev–Trinajstić information content (AvgIpc) is 2.91. The van der Waals surface area contributed by atoms with Crippen molar-refractivity contribution >= 4 is 28.9 Å². The van der Waals surface area contributed by atoms with Crippen LogP contribution in [0.3, 0.4) is 0 Å². The fourth-order valence-corrected chi connectivity index (χ4v) is 3.64. The van der Waals surface area contributed by atoms with Crippen LogP contribution in [0.2, 0.25) is 0 Å². The van der Waals surface area contributed by atoms with Crippen molar-refractivity contribution in [1.29, 1.82) is 5.26 Å². The smallest absolute Gasteiger partial charge is 0.354 e. The molecule has 0 spiro atoms. The summed E-state index contributed by atoms with van der Waals surface area (Å²) in [4.78, 5) is 36.9. The number of nitrogens with one attached hydrogen (secondary N) is 1. The average molecular weight is 519 g/mol. The lowest BCUT2D eigenvalue weighted by atomic mass is 10.1. The van der Waals surface area contributed by atoms with Gasteiger partial charge in [0.05, 0.1) is 13.7 Å². The van der Waals surface area contributed by atoms with Gasteiger partial charge in [0.25, 0.3) is 5.91 Å². The molecule has 9 heteroatoms. The van der Waals surface area contributed by atoms with Gasteiger partial charge in [0, 0.05) is 18.0 Å². The first-order chi connectivity index (χ1) is 18.4. The molecule has 0 saturated carbocycles. The number of amides is 1. The SMILES string of the molecule is CCCCCCOc1ccc(/C=C(\C#N)C(=O)Oc2ccc3cc(C(=O)NCC)c(=O)oc3c2)cc1OC. The van der Waals surface area contributed by atoms with Gasteiger partial charge in [-0.1, -0.05) is 32.3 Å². The predicted molar refractivity (Wildman–Crippen MR) is 142 cm³/mol. The number of methoxy groups -OCH3 is 1. The van der Waals surface area contributed by atoms with Gasteiger partial charge in [-0.15, -0.1) is 0 Å². The second-order valence-electron chi connectivity index (χ2n) is 8.39. The molecule has 0 unspecified atom stereocenters. The number of nitrogens with zero attached hydrogens (tertiary/aromatic N) is 1. The standard InChI is InChI=1S/C29H30N2O7/c1-4-6-7-8-13-36-24-12-9-19(15-26(24)35-3)14-21(18-30)28(33)37-22-11-10-20-16-23(27(32)31-5-2)29(34)38-25(20)17-22/h9-12,14-17H,4-8,13H2,1-3H3,(H,31,32)/b21-14+. The molecular weight excluding hydrogens is 488 g/mol. The summed E-state index contributed by atoms with van der Waals surface area (Å²) in [5.41, 5.74) is -0.496. The van der Waals surface area contributed by atoms with Gasteiger partial charge >= 0.3 is 11.6 Å². The van der Waals surface area contributed by atoms with E-state index in [9.17, 15) is 19.6 Å². The summed E-state index contributed by atoms with van der Waals surface area (Å²) in [5.74, 6) is -0.289. The van der Waals surface area contributed by atoms with Crippen molar-refractivity contribution in [2.24, 2.45) is 0 Å². The fraction of sp³-hybridized carbons (Fsp3) is 0.310. The molecular formula is C29H30N2O7. The van der Waals surface area contributed by atoms with E-state index in [1.807, 2.05) is 6.07 Å². The van der Waals surface area contributed by atoms with E-state index in [0.29, 0.717) is 35.6 Å². The van der Waals surface area contributed by atoms with Crippen LogP contribution in [0, 0.1) is 11.3 Å². The van der Waals surface area contributed by atoms with Gasteiger partial charge in [-0.05, 0) is 55.3 Å². The number of carbonyl (C=O) groups excluding carboxylic acids is 2. The zero-order valence-corrected chi connectivity index (χ0v) is 21.7. The van der Waals surface area contributed by atoms with Crippen LogP contribution in [0.25, 0.3) is 17.0 Å². The molecule has 1 N–H and O–H groups in total. The van der Waals surface area contributed by atoms with E-state index in [2.05, 4.69) is 12.2 Å². The highest BCUT2D eigenvalue weighted by Crippen LogP contribution is 2.29. The lowest BCUT2D eigenvalue weighted by Gasteiger charge is -2.11. The number of hydrogen-bond donors (Lipinski definition) is 1. The van der Waals surface area contributed by atoms with E-state index in [1.54, 1.807) is 31.2 Å². The maximum atomic E-state index is 12.7. The van der Waals surface area contributed by atoms with Crippen molar-refractivity contribution in [1.82, 2.24) is 5.32 Å². The van der Waals surface area contributed by atoms with Crippen LogP contribution in [-0.2, 0) is 4.79 Å². The second-order valence-corrected chi connectivity index (χ2v) is 8.39. The minimum Gasteiger partial charge on any atom is -0.493 e. The number of esters is 1. The van der Waals surface area contributed by atoms with E-state index in [-0.39, 0.29) is 22.5 Å². The normalized spacial score (nSPS) is 11.1. The van der Waals surface area contributed by atoms with Gasteiger partial charge in [0.2, 0.25) is 0 Å². The molecule has 9 nitrogen and oxygen atoms in total. The van der Waals surface area contributed by atoms with Crippen molar-refractivity contribution in [3.05, 3.63) is 69.6 Å². The highest BCUT2D eigenvalue weighted by atomic mass is 16.5. The number of hydrogen-bond acceptors (Lipinski definition) is 8. The van der Waals surface area contributed by atoms with Crippen LogP contribution < -0.4 is 25.2 Å². The van der Waals surface area contributed by atoms with E-state index in [1.165, 1.54) is 31.4 Å². The van der Waals surface area contributed by atoms with Crippen LogP contribution in [0.1, 0.15) is 55.5 Å². The molecule has 2 aromatic carbocycles. The van der Waals surface area contributed by atoms with Crippen LogP contribution in [0.4, 0.5) is 0 Å². The molecule has 0 aliphatic rings. The number of fused-ring (bicyclic) bond motifs is 1. The van der Waals surface area contributed by atoms with Crippen LogP contribution in [0.15, 0.2) is 57.2 Å². The molecule has 0 aliphatic heterocycles. The Bertz CT molecular complexity index is 1430. The third kappa shape index (κ3) is 7.23. The minimum atomic E-state index is -0.886. The number of benzene rings is 2. The van der Waals surface area contributed by atoms with Gasteiger partial charge in [0.15, 0.2) is 11.5 Å². The maximum Gasteiger partial charge on any atom is 0.354 e. The zero-order chi connectivity index (χ0) is 27.5. The molecule has 3 aromatic rings. The van der Waals surface area contributed by atoms with Crippen LogP contribution >= 0.6 is 0 Å². The van der Waals surface area contributed by atoms with E-state index in [4.69, 9.17) is 18.6 Å². The number of ether oxygens (including phenoxy) is 3. The highest BCUT2D eigenvalue weighted by Gasteiger charge is 2.16. The summed E-state index contributed by atoms with van der Waals surface area (Å²) < 4.78 is 21.8. The Morgan fingerprint density at radius 1 is 1.05 bits per heavy atom. The Morgan fingerprint density at radius 3 is 2.58 bits per heavy atom. The third-order valence-corrected chi connectivity index (χ3v) is 5.59. The first kappa shape index (κ1) is 28.0. The lowest BCUT2D eigenvalue weighted by Crippen LogP contribution is -2.27. The summed E-state index contributed by atoms with van der Waals surface area (Å²) in [7, 11) is 1.52. The Morgan fingerprint density at radius 2 is 1.87 bits per heavy atom. The molecule has 198 valence electrons. The molecule has 1 amide bonds. The van der Waals surface area contributed by atoms with E-state index < -0.39 is 17.5 Å². The quantitative estimate of drug-likeness (QED) is 0.0884. The van der Waals surface area contributed by atoms with Crippen molar-refractivity contribution in [2.45, 2.75) is 39.5 Å². The first-order valence-corrected chi connectivity index (χ1v) is 12.4. The van der Waals surface area contributed by atoms with Crippen molar-refractivity contribution in [2.75, 3.05) is 20.3 Å². The monoisotopic (exact) mass is 518 g/mol. The van der Waals surface area contributed by atoms with Crippen molar-refractivity contribution in [3.63, 3.8) is 0 Å². The Balaban J connectivity index is 1.75. The molecule has 0 bridgehead atoms. The summed E-state index contributed by atoms with van der Waals surface area (Å²) in [6.45, 7) is 4.82. The van der Waals surface area contributed by atoms with Gasteiger partial charge in [-0.2, -0.15) is 5.26 Å². The topological polar surface area (TPSA) is 128 Å². The first-order valence-electron chi connectivity index (χ1n) is 12.4. The van der Waals surface area contributed by atoms with Crippen LogP contribution in [0.5, 0.6) is 17.2 Å². The Labute approximate surface area is 220 Å². The summed E-state index contributed by atoms with van der Waals surface area (Å²) in [6.07, 6.45) is 5.72. The molecule has 0 atom stereocenters. The number of carbonyl (C=O) groups is 2. The van der Waals surface area contributed by atoms with Gasteiger partial charge in [-0.25, -0.2) is 9.59 Å². The Kier molecular flexibility index (Phi) is 10.1. The van der Waals surface area contributed by atoms with Crippen molar-refractivity contribution < 1.29 is 28.2 Å². The van der Waals surface area contributed by atoms with E-state index >= 15 is 0 Å². The zero-order valence-electron chi connectivity index (χ0n) is 21.7. The Hall–Kier alpha value is -4.58. The van der Waals surface area contributed by atoms with Gasteiger partial charge < -0.3 is 23.9 Å². The largest absolute Gasteiger partial charge is 0.493 e. The van der Waals surface area contributed by atoms with E-state index in [0.717, 1.165) is 25.7 Å². The van der Waals surface area contributed by atoms with Crippen molar-refractivity contribution in [3.8, 4) is 23.3 Å². The molecule has 1 aromatic heterocycles. The number of unbranched alkanes of at least 4 members (excludes halogenated alkanes) is 3. The summed E-state index contributed by atoms with van der Waals surface area (Å²) in [5, 5.41) is 12.6. The van der Waals surface area contributed by atoms with Crippen LogP contribution in [-0.4, -0.2) is 32.1 Å². The third-order valence-electron chi connectivity index (χ3n) is 5.59.